The number of H-pyrrole nitrogens is 1. The Kier molecular flexibility index (Phi) is 5.94. The molecule has 1 aromatic carbocycles. The molecule has 1 fully saturated rings. The lowest BCUT2D eigenvalue weighted by Gasteiger charge is -2.27. The van der Waals surface area contributed by atoms with Crippen LogP contribution in [-0.4, -0.2) is 52.2 Å². The minimum atomic E-state index is -2.91. The summed E-state index contributed by atoms with van der Waals surface area (Å²) in [4.78, 5) is 6.68. The fourth-order valence-corrected chi connectivity index (χ4v) is 5.34. The monoisotopic (exact) mass is 394 g/mol. The van der Waals surface area contributed by atoms with Crippen LogP contribution in [0.5, 0.6) is 0 Å². The lowest BCUT2D eigenvalue weighted by molar-refractivity contribution is 0.155. The average Bonchev–Trinajstić information content (AvgIpc) is 3.17. The van der Waals surface area contributed by atoms with E-state index in [1.807, 2.05) is 16.8 Å². The van der Waals surface area contributed by atoms with Crippen LogP contribution in [0.25, 0.3) is 11.4 Å². The first-order valence-corrected chi connectivity index (χ1v) is 11.4. The molecule has 0 amide bonds. The van der Waals surface area contributed by atoms with Crippen molar-refractivity contribution < 1.29 is 8.42 Å². The molecule has 2 aromatic rings. The number of hydrogen-bond acceptors (Lipinski definition) is 5. The maximum Gasteiger partial charge on any atom is 0.217 e. The van der Waals surface area contributed by atoms with Crippen molar-refractivity contribution >= 4 is 22.1 Å². The van der Waals surface area contributed by atoms with Crippen LogP contribution in [0.4, 0.5) is 0 Å². The Bertz CT molecular complexity index is 900. The Morgan fingerprint density at radius 3 is 2.62 bits per heavy atom. The lowest BCUT2D eigenvalue weighted by atomic mass is 10.1. The van der Waals surface area contributed by atoms with Gasteiger partial charge < -0.3 is 0 Å². The van der Waals surface area contributed by atoms with Crippen LogP contribution in [0.2, 0.25) is 0 Å². The van der Waals surface area contributed by atoms with Crippen LogP contribution in [0.3, 0.4) is 0 Å². The molecule has 1 N–H and O–H groups in total. The minimum absolute atomic E-state index is 0.0532. The number of nitrogens with zero attached hydrogens (tertiary/aromatic N) is 3. The van der Waals surface area contributed by atoms with Gasteiger partial charge in [-0.2, -0.15) is 4.98 Å². The number of aromatic amines is 1. The van der Waals surface area contributed by atoms with Crippen molar-refractivity contribution in [2.45, 2.75) is 45.8 Å². The van der Waals surface area contributed by atoms with Crippen molar-refractivity contribution in [3.8, 4) is 11.4 Å². The Labute approximate surface area is 160 Å². The Balaban J connectivity index is 1.79. The highest BCUT2D eigenvalue weighted by Gasteiger charge is 2.32. The Morgan fingerprint density at radius 2 is 2.04 bits per heavy atom. The fourth-order valence-electron chi connectivity index (χ4n) is 3.38. The molecular weight excluding hydrogens is 368 g/mol. The largest absolute Gasteiger partial charge is 0.280 e. The van der Waals surface area contributed by atoms with Gasteiger partial charge in [-0.15, -0.1) is 0 Å². The van der Waals surface area contributed by atoms with E-state index < -0.39 is 9.84 Å². The van der Waals surface area contributed by atoms with E-state index in [0.29, 0.717) is 17.9 Å². The molecule has 0 bridgehead atoms. The summed E-state index contributed by atoms with van der Waals surface area (Å²) in [7, 11) is -2.91. The molecule has 1 atom stereocenters. The van der Waals surface area contributed by atoms with Crippen molar-refractivity contribution in [1.82, 2.24) is 19.7 Å². The molecule has 0 aliphatic carbocycles. The van der Waals surface area contributed by atoms with E-state index >= 15 is 0 Å². The number of rotatable bonds is 7. The van der Waals surface area contributed by atoms with Crippen LogP contribution >= 0.6 is 12.2 Å². The van der Waals surface area contributed by atoms with Crippen LogP contribution in [0.15, 0.2) is 24.3 Å². The van der Waals surface area contributed by atoms with Gasteiger partial charge in [0.1, 0.15) is 0 Å². The molecule has 0 radical (unpaired) electrons. The number of aromatic nitrogens is 3. The molecule has 2 heterocycles. The lowest BCUT2D eigenvalue weighted by Crippen LogP contribution is -2.38. The zero-order valence-electron chi connectivity index (χ0n) is 15.3. The topological polar surface area (TPSA) is 71.0 Å². The van der Waals surface area contributed by atoms with E-state index in [9.17, 15) is 8.42 Å². The van der Waals surface area contributed by atoms with Gasteiger partial charge in [0.15, 0.2) is 15.7 Å². The molecular formula is C18H26N4O2S2. The maximum absolute atomic E-state index is 11.8. The molecule has 3 rings (SSSR count). The van der Waals surface area contributed by atoms with E-state index in [2.05, 4.69) is 41.0 Å². The summed E-state index contributed by atoms with van der Waals surface area (Å²) in [6.07, 6.45) is 2.65. The summed E-state index contributed by atoms with van der Waals surface area (Å²) in [6.45, 7) is 5.60. The molecule has 26 heavy (non-hydrogen) atoms. The summed E-state index contributed by atoms with van der Waals surface area (Å²) < 4.78 is 26.0. The smallest absolute Gasteiger partial charge is 0.217 e. The molecule has 0 saturated carbocycles. The maximum atomic E-state index is 11.8. The van der Waals surface area contributed by atoms with E-state index in [1.165, 1.54) is 5.56 Å². The van der Waals surface area contributed by atoms with Crippen molar-refractivity contribution in [3.05, 3.63) is 34.6 Å². The average molecular weight is 395 g/mol. The van der Waals surface area contributed by atoms with E-state index in [0.717, 1.165) is 30.8 Å². The molecule has 142 valence electrons. The molecule has 0 unspecified atom stereocenters. The van der Waals surface area contributed by atoms with Gasteiger partial charge in [0, 0.05) is 11.6 Å². The second-order valence-corrected chi connectivity index (χ2v) is 9.44. The molecule has 8 heteroatoms. The van der Waals surface area contributed by atoms with Gasteiger partial charge in [-0.1, -0.05) is 38.1 Å². The third-order valence-electron chi connectivity index (χ3n) is 4.87. The summed E-state index contributed by atoms with van der Waals surface area (Å²) >= 11 is 5.42. The third-order valence-corrected chi connectivity index (χ3v) is 6.94. The van der Waals surface area contributed by atoms with Crippen molar-refractivity contribution in [3.63, 3.8) is 0 Å². The van der Waals surface area contributed by atoms with Gasteiger partial charge in [-0.3, -0.25) is 10.00 Å². The van der Waals surface area contributed by atoms with E-state index in [-0.39, 0.29) is 17.5 Å². The van der Waals surface area contributed by atoms with Gasteiger partial charge in [0.2, 0.25) is 4.77 Å². The summed E-state index contributed by atoms with van der Waals surface area (Å²) in [6, 6.07) is 8.34. The third kappa shape index (κ3) is 4.42. The van der Waals surface area contributed by atoms with Crippen LogP contribution in [0, 0.1) is 4.77 Å². The van der Waals surface area contributed by atoms with Crippen molar-refractivity contribution in [1.29, 1.82) is 0 Å². The highest BCUT2D eigenvalue weighted by molar-refractivity contribution is 7.91. The first kappa shape index (κ1) is 19.3. The molecule has 0 spiro atoms. The van der Waals surface area contributed by atoms with Gasteiger partial charge in [0.05, 0.1) is 18.2 Å². The summed E-state index contributed by atoms with van der Waals surface area (Å²) in [5, 5.41) is 3.28. The molecule has 1 saturated heterocycles. The summed E-state index contributed by atoms with van der Waals surface area (Å²) in [5.74, 6) is 1.26. The standard InChI is InChI=1S/C18H26N4O2S2/c1-3-10-21(16-9-11-26(23,24)12-16)13-22-18(25)19-17(20-22)15-7-5-14(4-2)6-8-15/h5-8,16H,3-4,9-13H2,1-2H3,(H,19,20,25)/t16-/m0/s1. The second-order valence-electron chi connectivity index (χ2n) is 6.84. The van der Waals surface area contributed by atoms with Gasteiger partial charge in [-0.05, 0) is 43.6 Å². The molecule has 6 nitrogen and oxygen atoms in total. The Hall–Kier alpha value is -1.51. The SMILES string of the molecule is CCCN(Cn1[nH]c(-c2ccc(CC)cc2)nc1=S)[C@H]1CCS(=O)(=O)C1. The first-order chi connectivity index (χ1) is 12.4. The highest BCUT2D eigenvalue weighted by atomic mass is 32.2. The normalized spacial score (nSPS) is 19.3. The highest BCUT2D eigenvalue weighted by Crippen LogP contribution is 2.20. The van der Waals surface area contributed by atoms with Crippen LogP contribution in [-0.2, 0) is 22.9 Å². The number of nitrogens with one attached hydrogen (secondary N) is 1. The van der Waals surface area contributed by atoms with Crippen molar-refractivity contribution in [2.75, 3.05) is 18.1 Å². The second kappa shape index (κ2) is 8.02. The van der Waals surface area contributed by atoms with E-state index in [1.54, 1.807) is 0 Å². The molecule has 1 aromatic heterocycles. The fraction of sp³-hybridized carbons (Fsp3) is 0.556. The summed E-state index contributed by atoms with van der Waals surface area (Å²) in [5.41, 5.74) is 2.28. The molecule has 1 aliphatic rings. The number of benzene rings is 1. The number of aryl methyl sites for hydroxylation is 1. The van der Waals surface area contributed by atoms with Crippen LogP contribution in [0.1, 0.15) is 32.3 Å². The number of hydrogen-bond donors (Lipinski definition) is 1. The first-order valence-electron chi connectivity index (χ1n) is 9.12. The Morgan fingerprint density at radius 1 is 1.31 bits per heavy atom. The zero-order chi connectivity index (χ0) is 18.7. The van der Waals surface area contributed by atoms with E-state index in [4.69, 9.17) is 12.2 Å². The predicted octanol–water partition coefficient (Wildman–Crippen LogP) is 3.03. The predicted molar refractivity (Wildman–Crippen MR) is 106 cm³/mol. The number of sulfone groups is 1. The molecule has 1 aliphatic heterocycles. The van der Waals surface area contributed by atoms with Crippen molar-refractivity contribution in [2.24, 2.45) is 0 Å². The van der Waals surface area contributed by atoms with Gasteiger partial charge in [0.25, 0.3) is 0 Å². The van der Waals surface area contributed by atoms with Gasteiger partial charge in [-0.25, -0.2) is 13.1 Å². The zero-order valence-corrected chi connectivity index (χ0v) is 16.9. The van der Waals surface area contributed by atoms with Crippen LogP contribution < -0.4 is 0 Å². The quantitative estimate of drug-likeness (QED) is 0.731. The minimum Gasteiger partial charge on any atom is -0.280 e. The van der Waals surface area contributed by atoms with Gasteiger partial charge >= 0.3 is 0 Å².